The SMILES string of the molecule is Cc1ccc(N2CCCN(C)CC2)c(C#N)c1. The van der Waals surface area contributed by atoms with E-state index >= 15 is 0 Å². The van der Waals surface area contributed by atoms with Crippen LogP contribution in [0.2, 0.25) is 0 Å². The summed E-state index contributed by atoms with van der Waals surface area (Å²) in [6.07, 6.45) is 1.16. The summed E-state index contributed by atoms with van der Waals surface area (Å²) in [5.41, 5.74) is 3.04. The van der Waals surface area contributed by atoms with Gasteiger partial charge in [-0.2, -0.15) is 5.26 Å². The molecule has 0 bridgehead atoms. The van der Waals surface area contributed by atoms with E-state index in [-0.39, 0.29) is 0 Å². The molecule has 0 atom stereocenters. The van der Waals surface area contributed by atoms with Crippen LogP contribution in [0.5, 0.6) is 0 Å². The Morgan fingerprint density at radius 2 is 2.00 bits per heavy atom. The number of benzene rings is 1. The second-order valence-corrected chi connectivity index (χ2v) is 4.78. The van der Waals surface area contributed by atoms with E-state index < -0.39 is 0 Å². The molecular weight excluding hydrogens is 210 g/mol. The molecule has 1 heterocycles. The number of nitriles is 1. The first-order valence-corrected chi connectivity index (χ1v) is 6.15. The van der Waals surface area contributed by atoms with Crippen molar-refractivity contribution in [2.45, 2.75) is 13.3 Å². The molecule has 0 unspecified atom stereocenters. The third-order valence-electron chi connectivity index (χ3n) is 3.33. The summed E-state index contributed by atoms with van der Waals surface area (Å²) in [5, 5.41) is 9.21. The lowest BCUT2D eigenvalue weighted by Crippen LogP contribution is -2.29. The largest absolute Gasteiger partial charge is 0.369 e. The molecular formula is C14H19N3. The predicted molar refractivity (Wildman–Crippen MR) is 70.2 cm³/mol. The molecule has 1 aliphatic heterocycles. The molecule has 0 saturated carbocycles. The number of rotatable bonds is 1. The van der Waals surface area contributed by atoms with Crippen LogP contribution in [0.3, 0.4) is 0 Å². The fourth-order valence-corrected chi connectivity index (χ4v) is 2.30. The molecule has 0 radical (unpaired) electrons. The first kappa shape index (κ1) is 11.9. The Labute approximate surface area is 103 Å². The topological polar surface area (TPSA) is 30.3 Å². The molecule has 17 heavy (non-hydrogen) atoms. The van der Waals surface area contributed by atoms with Crippen molar-refractivity contribution in [3.63, 3.8) is 0 Å². The van der Waals surface area contributed by atoms with Crippen LogP contribution in [0.15, 0.2) is 18.2 Å². The summed E-state index contributed by atoms with van der Waals surface area (Å²) >= 11 is 0. The second kappa shape index (κ2) is 5.20. The summed E-state index contributed by atoms with van der Waals surface area (Å²) in [4.78, 5) is 4.68. The molecule has 1 aromatic rings. The van der Waals surface area contributed by atoms with Gasteiger partial charge >= 0.3 is 0 Å². The average molecular weight is 229 g/mol. The van der Waals surface area contributed by atoms with Crippen LogP contribution in [-0.2, 0) is 0 Å². The minimum absolute atomic E-state index is 0.801. The normalized spacial score (nSPS) is 17.6. The van der Waals surface area contributed by atoms with Gasteiger partial charge in [0.1, 0.15) is 6.07 Å². The summed E-state index contributed by atoms with van der Waals surface area (Å²) < 4.78 is 0. The molecule has 1 aliphatic rings. The number of nitrogens with zero attached hydrogens (tertiary/aromatic N) is 3. The number of aryl methyl sites for hydroxylation is 1. The van der Waals surface area contributed by atoms with Crippen LogP contribution in [0, 0.1) is 18.3 Å². The smallest absolute Gasteiger partial charge is 0.101 e. The Morgan fingerprint density at radius 1 is 1.18 bits per heavy atom. The average Bonchev–Trinajstić information content (AvgIpc) is 2.54. The summed E-state index contributed by atoms with van der Waals surface area (Å²) in [6.45, 7) is 6.29. The minimum atomic E-state index is 0.801. The number of likely N-dealkylation sites (N-methyl/N-ethyl adjacent to an activating group) is 1. The Kier molecular flexibility index (Phi) is 3.65. The van der Waals surface area contributed by atoms with Gasteiger partial charge in [-0.15, -0.1) is 0 Å². The van der Waals surface area contributed by atoms with Gasteiger partial charge < -0.3 is 9.80 Å². The molecule has 0 aliphatic carbocycles. The molecule has 1 saturated heterocycles. The third kappa shape index (κ3) is 2.78. The van der Waals surface area contributed by atoms with Gasteiger partial charge in [-0.3, -0.25) is 0 Å². The minimum Gasteiger partial charge on any atom is -0.369 e. The molecule has 2 rings (SSSR count). The first-order chi connectivity index (χ1) is 8.20. The maximum Gasteiger partial charge on any atom is 0.101 e. The molecule has 3 heteroatoms. The van der Waals surface area contributed by atoms with Gasteiger partial charge in [-0.05, 0) is 44.6 Å². The number of anilines is 1. The van der Waals surface area contributed by atoms with Gasteiger partial charge in [0.15, 0.2) is 0 Å². The van der Waals surface area contributed by atoms with Gasteiger partial charge in [0.2, 0.25) is 0 Å². The van der Waals surface area contributed by atoms with E-state index in [1.165, 1.54) is 0 Å². The van der Waals surface area contributed by atoms with E-state index in [0.717, 1.165) is 49.4 Å². The highest BCUT2D eigenvalue weighted by atomic mass is 15.2. The van der Waals surface area contributed by atoms with E-state index in [9.17, 15) is 5.26 Å². The van der Waals surface area contributed by atoms with Crippen molar-refractivity contribution >= 4 is 5.69 Å². The molecule has 1 aromatic carbocycles. The standard InChI is InChI=1S/C14H19N3/c1-12-4-5-14(13(10-12)11-15)17-7-3-6-16(2)8-9-17/h4-5,10H,3,6-9H2,1-2H3. The number of hydrogen-bond acceptors (Lipinski definition) is 3. The van der Waals surface area contributed by atoms with Gasteiger partial charge in [0, 0.05) is 19.6 Å². The van der Waals surface area contributed by atoms with Crippen molar-refractivity contribution in [2.75, 3.05) is 38.1 Å². The monoisotopic (exact) mass is 229 g/mol. The highest BCUT2D eigenvalue weighted by Gasteiger charge is 2.15. The van der Waals surface area contributed by atoms with Crippen molar-refractivity contribution in [3.05, 3.63) is 29.3 Å². The highest BCUT2D eigenvalue weighted by molar-refractivity contribution is 5.60. The Morgan fingerprint density at radius 3 is 2.76 bits per heavy atom. The lowest BCUT2D eigenvalue weighted by atomic mass is 10.1. The molecule has 0 spiro atoms. The molecule has 3 nitrogen and oxygen atoms in total. The van der Waals surface area contributed by atoms with Crippen molar-refractivity contribution in [1.29, 1.82) is 5.26 Å². The fourth-order valence-electron chi connectivity index (χ4n) is 2.30. The van der Waals surface area contributed by atoms with Crippen LogP contribution in [0.1, 0.15) is 17.5 Å². The van der Waals surface area contributed by atoms with Crippen LogP contribution < -0.4 is 4.90 Å². The lowest BCUT2D eigenvalue weighted by molar-refractivity contribution is 0.360. The van der Waals surface area contributed by atoms with Crippen molar-refractivity contribution in [1.82, 2.24) is 4.90 Å². The molecule has 0 aromatic heterocycles. The predicted octanol–water partition coefficient (Wildman–Crippen LogP) is 2.01. The first-order valence-electron chi connectivity index (χ1n) is 6.15. The maximum absolute atomic E-state index is 9.21. The van der Waals surface area contributed by atoms with Crippen molar-refractivity contribution < 1.29 is 0 Å². The quantitative estimate of drug-likeness (QED) is 0.738. The van der Waals surface area contributed by atoms with E-state index in [4.69, 9.17) is 0 Å². The maximum atomic E-state index is 9.21. The van der Waals surface area contributed by atoms with Gasteiger partial charge in [0.25, 0.3) is 0 Å². The van der Waals surface area contributed by atoms with Crippen LogP contribution in [0.25, 0.3) is 0 Å². The highest BCUT2D eigenvalue weighted by Crippen LogP contribution is 2.22. The molecule has 0 amide bonds. The van der Waals surface area contributed by atoms with Gasteiger partial charge in [-0.1, -0.05) is 6.07 Å². The molecule has 0 N–H and O–H groups in total. The zero-order chi connectivity index (χ0) is 12.3. The van der Waals surface area contributed by atoms with E-state index in [1.54, 1.807) is 0 Å². The van der Waals surface area contributed by atoms with E-state index in [0.29, 0.717) is 0 Å². The second-order valence-electron chi connectivity index (χ2n) is 4.78. The van der Waals surface area contributed by atoms with Gasteiger partial charge in [0.05, 0.1) is 11.3 Å². The van der Waals surface area contributed by atoms with Crippen molar-refractivity contribution in [3.8, 4) is 6.07 Å². The lowest BCUT2D eigenvalue weighted by Gasteiger charge is -2.24. The van der Waals surface area contributed by atoms with E-state index in [1.807, 2.05) is 13.0 Å². The molecule has 1 fully saturated rings. The fraction of sp³-hybridized carbons (Fsp3) is 0.500. The Balaban J connectivity index is 2.24. The Bertz CT molecular complexity index is 434. The number of hydrogen-bond donors (Lipinski definition) is 0. The Hall–Kier alpha value is -1.53. The van der Waals surface area contributed by atoms with Crippen LogP contribution in [-0.4, -0.2) is 38.1 Å². The zero-order valence-electron chi connectivity index (χ0n) is 10.6. The van der Waals surface area contributed by atoms with Gasteiger partial charge in [-0.25, -0.2) is 0 Å². The summed E-state index contributed by atoms with van der Waals surface area (Å²) in [7, 11) is 2.16. The summed E-state index contributed by atoms with van der Waals surface area (Å²) in [5.74, 6) is 0. The van der Waals surface area contributed by atoms with Crippen molar-refractivity contribution in [2.24, 2.45) is 0 Å². The molecule has 90 valence electrons. The van der Waals surface area contributed by atoms with E-state index in [2.05, 4.69) is 35.0 Å². The zero-order valence-corrected chi connectivity index (χ0v) is 10.6. The van der Waals surface area contributed by atoms with Crippen LogP contribution in [0.4, 0.5) is 5.69 Å². The summed E-state index contributed by atoms with van der Waals surface area (Å²) in [6, 6.07) is 8.46. The third-order valence-corrected chi connectivity index (χ3v) is 3.33. The van der Waals surface area contributed by atoms with Crippen LogP contribution >= 0.6 is 0 Å².